The normalized spacial score (nSPS) is 13.6. The van der Waals surface area contributed by atoms with E-state index in [4.69, 9.17) is 5.73 Å². The predicted octanol–water partition coefficient (Wildman–Crippen LogP) is 7.48. The summed E-state index contributed by atoms with van der Waals surface area (Å²) in [6, 6.07) is 9.39. The molecule has 86 heavy (non-hydrogen) atoms. The van der Waals surface area contributed by atoms with E-state index in [1.165, 1.54) is 0 Å². The van der Waals surface area contributed by atoms with E-state index in [-0.39, 0.29) is 0 Å². The van der Waals surface area contributed by atoms with E-state index in [1.54, 1.807) is 0 Å². The van der Waals surface area contributed by atoms with Gasteiger partial charge in [-0.3, -0.25) is 36.4 Å². The van der Waals surface area contributed by atoms with Crippen molar-refractivity contribution in [1.29, 1.82) is 0 Å². The van der Waals surface area contributed by atoms with Crippen LogP contribution in [0, 0.1) is 0 Å². The summed E-state index contributed by atoms with van der Waals surface area (Å²) in [5.41, 5.74) is -1.08. The summed E-state index contributed by atoms with van der Waals surface area (Å²) < 4.78 is 276. The molecule has 0 aromatic heterocycles. The van der Waals surface area contributed by atoms with Crippen molar-refractivity contribution in [1.82, 2.24) is 0 Å². The Hall–Kier alpha value is -8.58. The largest absolute Gasteiger partial charge is 0.507 e. The Morgan fingerprint density at radius 3 is 0.988 bits per heavy atom. The minimum Gasteiger partial charge on any atom is -0.507 e. The third-order valence-corrected chi connectivity index (χ3v) is 18.5. The van der Waals surface area contributed by atoms with Gasteiger partial charge in [-0.15, -0.1) is 40.9 Å². The Morgan fingerprint density at radius 1 is 0.279 bits per heavy atom. The number of phenols is 3. The third-order valence-electron chi connectivity index (χ3n) is 11.6. The molecule has 36 nitrogen and oxygen atoms in total. The molecule has 8 rings (SSSR count). The molecular weight excluding hydrogens is 1320 g/mol. The van der Waals surface area contributed by atoms with Crippen LogP contribution in [0.25, 0.3) is 32.3 Å². The number of phenolic OH excluding ortho intramolecular Hbond substituents is 3. The number of hydrogen-bond donors (Lipinski definition) is 12. The summed E-state index contributed by atoms with van der Waals surface area (Å²) in [6.45, 7) is 0. The molecular formula is C42H29N9O27S8. The second-order valence-corrected chi connectivity index (χ2v) is 28.3. The van der Waals surface area contributed by atoms with Gasteiger partial charge < -0.3 is 21.1 Å². The first-order valence-electron chi connectivity index (χ1n) is 21.8. The molecule has 0 saturated carbocycles. The molecule has 0 amide bonds. The first-order chi connectivity index (χ1) is 39.3. The summed E-state index contributed by atoms with van der Waals surface area (Å²) in [4.78, 5) is -9.04. The smallest absolute Gasteiger partial charge is 0.296 e. The zero-order valence-corrected chi connectivity index (χ0v) is 47.6. The lowest BCUT2D eigenvalue weighted by Gasteiger charge is -2.14. The van der Waals surface area contributed by atoms with Gasteiger partial charge in [0.05, 0.1) is 64.2 Å². The van der Waals surface area contributed by atoms with Crippen LogP contribution >= 0.6 is 0 Å². The quantitative estimate of drug-likeness (QED) is 0.0253. The molecule has 0 radical (unpaired) electrons. The Morgan fingerprint density at radius 2 is 0.616 bits per heavy atom. The van der Waals surface area contributed by atoms with E-state index in [0.717, 1.165) is 24.3 Å². The molecule has 0 atom stereocenters. The minimum absolute atomic E-state index is 0.304. The Balaban J connectivity index is 1.32. The molecule has 0 unspecified atom stereocenters. The fourth-order valence-corrected chi connectivity index (χ4v) is 12.5. The number of benzene rings is 8. The van der Waals surface area contributed by atoms with E-state index in [1.807, 2.05) is 0 Å². The van der Waals surface area contributed by atoms with Gasteiger partial charge in [-0.05, 0) is 84.9 Å². The lowest BCUT2D eigenvalue weighted by Crippen LogP contribution is -2.04. The van der Waals surface area contributed by atoms with Crippen molar-refractivity contribution < 1.29 is 119 Å². The molecule has 44 heteroatoms. The zero-order chi connectivity index (χ0) is 64.0. The van der Waals surface area contributed by atoms with Gasteiger partial charge in [0.1, 0.15) is 53.8 Å². The van der Waals surface area contributed by atoms with Crippen molar-refractivity contribution in [2.45, 2.75) is 39.2 Å². The van der Waals surface area contributed by atoms with E-state index in [0.29, 0.717) is 72.8 Å². The maximum atomic E-state index is 13.0. The Bertz CT molecular complexity index is 5450. The highest BCUT2D eigenvalue weighted by atomic mass is 32.2. The number of azo groups is 4. The van der Waals surface area contributed by atoms with Crippen molar-refractivity contribution in [3.63, 3.8) is 0 Å². The molecule has 13 N–H and O–H groups in total. The van der Waals surface area contributed by atoms with Crippen molar-refractivity contribution >= 4 is 164 Å². The molecule has 0 heterocycles. The first-order valence-corrected chi connectivity index (χ1v) is 33.3. The molecule has 452 valence electrons. The summed E-state index contributed by atoms with van der Waals surface area (Å²) in [6.07, 6.45) is 0. The van der Waals surface area contributed by atoms with Gasteiger partial charge >= 0.3 is 0 Å². The van der Waals surface area contributed by atoms with E-state index in [9.17, 15) is 119 Å². The standard InChI is InChI=1S/C42H29N9O27S8/c43-40-30(50-46-26-5-3-24(21-9-19(81(61,62)63)13-31(52)37(21)26)44-48-28-11-17(79(55,56)57)1-7-33(28)83(67,68)69)16-35(85(73,74)75)23-15-36(86(76,77)78)41(42(54)39(23)40)51-47-27-6-4-25(22-10-20(82(64,65)66)14-32(53)38(22)27)45-49-29-12-18(80(58,59)60)2-8-34(29)84(70,71)72/h1-16,52-54H,43H2,(H,55,56,57)(H,58,59,60)(H,61,62,63)(H,64,65,66)(H,67,68,69)(H,70,71,72)(H,73,74,75)(H,76,77,78). The van der Waals surface area contributed by atoms with Crippen LogP contribution in [-0.4, -0.2) is 119 Å². The first kappa shape index (κ1) is 63.4. The summed E-state index contributed by atoms with van der Waals surface area (Å²) in [7, 11) is -42.4. The molecule has 8 aromatic rings. The second kappa shape index (κ2) is 21.7. The maximum Gasteiger partial charge on any atom is 0.296 e. The SMILES string of the molecule is Nc1c(N=Nc2ccc(N=Nc3cc(S(=O)(=O)O)ccc3S(=O)(=O)O)c3cc(S(=O)(=O)O)cc(O)c23)cc(S(=O)(=O)O)c2cc(S(=O)(=O)O)c(N=Nc3ccc(N=Nc4cc(S(=O)(=O)O)ccc4S(=O)(=O)O)c4cc(S(=O)(=O)O)cc(O)c34)c(O)c12. The molecule has 0 aliphatic carbocycles. The summed E-state index contributed by atoms with van der Waals surface area (Å²) >= 11 is 0. The zero-order valence-electron chi connectivity index (χ0n) is 41.1. The van der Waals surface area contributed by atoms with Crippen LogP contribution in [0.5, 0.6) is 17.2 Å². The number of rotatable bonds is 16. The molecule has 0 spiro atoms. The van der Waals surface area contributed by atoms with Crippen molar-refractivity contribution in [2.24, 2.45) is 40.9 Å². The van der Waals surface area contributed by atoms with E-state index >= 15 is 0 Å². The monoisotopic (exact) mass is 1350 g/mol. The van der Waals surface area contributed by atoms with Gasteiger partial charge in [-0.1, -0.05) is 0 Å². The fourth-order valence-electron chi connectivity index (χ4n) is 7.88. The lowest BCUT2D eigenvalue weighted by molar-refractivity contribution is 0.470. The third kappa shape index (κ3) is 13.0. The maximum absolute atomic E-state index is 13.0. The molecule has 0 aliphatic heterocycles. The highest BCUT2D eigenvalue weighted by Gasteiger charge is 2.30. The Labute approximate surface area is 480 Å². The van der Waals surface area contributed by atoms with Gasteiger partial charge in [-0.25, -0.2) is 0 Å². The average molecular weight is 1350 g/mol. The average Bonchev–Trinajstić information content (AvgIpc) is 0.836. The molecule has 0 fully saturated rings. The van der Waals surface area contributed by atoms with Gasteiger partial charge in [0.15, 0.2) is 5.75 Å². The number of nitrogens with zero attached hydrogens (tertiary/aromatic N) is 8. The number of aromatic hydroxyl groups is 3. The molecule has 0 aliphatic rings. The van der Waals surface area contributed by atoms with Crippen LogP contribution in [0.2, 0.25) is 0 Å². The number of nitrogens with two attached hydrogens (primary N) is 1. The van der Waals surface area contributed by atoms with Gasteiger partial charge in [0.2, 0.25) is 0 Å². The number of anilines is 1. The van der Waals surface area contributed by atoms with E-state index < -0.39 is 221 Å². The van der Waals surface area contributed by atoms with Crippen molar-refractivity contribution in [3.05, 3.63) is 97.1 Å². The summed E-state index contributed by atoms with van der Waals surface area (Å²) in [5, 5.41) is 59.6. The summed E-state index contributed by atoms with van der Waals surface area (Å²) in [5.74, 6) is -3.70. The number of hydrogen-bond acceptors (Lipinski definition) is 28. The van der Waals surface area contributed by atoms with Gasteiger partial charge in [0, 0.05) is 28.3 Å². The molecule has 0 saturated heterocycles. The van der Waals surface area contributed by atoms with Crippen LogP contribution in [0.4, 0.5) is 51.2 Å². The van der Waals surface area contributed by atoms with Crippen LogP contribution in [0.15, 0.2) is 177 Å². The van der Waals surface area contributed by atoms with Crippen LogP contribution in [-0.2, 0) is 80.9 Å². The van der Waals surface area contributed by atoms with Gasteiger partial charge in [-0.2, -0.15) is 67.3 Å². The van der Waals surface area contributed by atoms with Crippen LogP contribution < -0.4 is 5.73 Å². The Kier molecular flexibility index (Phi) is 16.0. The van der Waals surface area contributed by atoms with Crippen molar-refractivity contribution in [3.8, 4) is 17.2 Å². The van der Waals surface area contributed by atoms with Crippen LogP contribution in [0.3, 0.4) is 0 Å². The van der Waals surface area contributed by atoms with Crippen molar-refractivity contribution in [2.75, 3.05) is 5.73 Å². The van der Waals surface area contributed by atoms with Crippen LogP contribution in [0.1, 0.15) is 0 Å². The minimum atomic E-state index is -5.72. The van der Waals surface area contributed by atoms with Gasteiger partial charge in [0.25, 0.3) is 80.9 Å². The molecule has 8 aromatic carbocycles. The molecule has 0 bridgehead atoms. The highest BCUT2D eigenvalue weighted by molar-refractivity contribution is 7.88. The van der Waals surface area contributed by atoms with E-state index in [2.05, 4.69) is 40.9 Å². The number of fused-ring (bicyclic) bond motifs is 3. The number of nitrogen functional groups attached to an aromatic ring is 1. The highest BCUT2D eigenvalue weighted by Crippen LogP contribution is 2.50. The second-order valence-electron chi connectivity index (χ2n) is 17.1. The topological polar surface area (TPSA) is 621 Å². The lowest BCUT2D eigenvalue weighted by atomic mass is 10.0. The fraction of sp³-hybridized carbons (Fsp3) is 0. The predicted molar refractivity (Wildman–Crippen MR) is 289 cm³/mol.